The first-order chi connectivity index (χ1) is 34.2. The van der Waals surface area contributed by atoms with E-state index in [9.17, 15) is 0 Å². The molecule has 14 rings (SSSR count). The number of aromatic nitrogens is 1. The lowest BCUT2D eigenvalue weighted by Crippen LogP contribution is -2.33. The van der Waals surface area contributed by atoms with Gasteiger partial charge in [-0.3, -0.25) is 0 Å². The Hall–Kier alpha value is -9.26. The average molecular weight is 885 g/mol. The van der Waals surface area contributed by atoms with E-state index in [1.165, 1.54) is 21.9 Å². The second-order valence-electron chi connectivity index (χ2n) is 17.7. The normalized spacial score (nSPS) is 13.9. The van der Waals surface area contributed by atoms with E-state index in [0.717, 1.165) is 105 Å². The molecule has 4 heterocycles. The van der Waals surface area contributed by atoms with E-state index in [2.05, 4.69) is 204 Å². The molecule has 1 unspecified atom stereocenters. The maximum Gasteiger partial charge on any atom is 0.159 e. The molecule has 0 fully saturated rings. The van der Waals surface area contributed by atoms with Crippen LogP contribution in [0.2, 0.25) is 0 Å². The Morgan fingerprint density at radius 2 is 1.00 bits per heavy atom. The van der Waals surface area contributed by atoms with Crippen molar-refractivity contribution < 1.29 is 8.83 Å². The first-order valence-corrected chi connectivity index (χ1v) is 23.3. The summed E-state index contributed by atoms with van der Waals surface area (Å²) in [6.07, 6.45) is -0.285. The van der Waals surface area contributed by atoms with E-state index >= 15 is 0 Å². The Kier molecular flexibility index (Phi) is 8.86. The molecule has 6 heteroatoms. The van der Waals surface area contributed by atoms with Crippen molar-refractivity contribution in [1.29, 1.82) is 0 Å². The quantitative estimate of drug-likeness (QED) is 0.173. The minimum Gasteiger partial charge on any atom is -0.456 e. The number of aliphatic imine (C=N–C) groups is 2. The number of furan rings is 2. The second kappa shape index (κ2) is 15.7. The van der Waals surface area contributed by atoms with Gasteiger partial charge >= 0.3 is 0 Å². The van der Waals surface area contributed by atoms with Gasteiger partial charge in [0.15, 0.2) is 5.84 Å². The third kappa shape index (κ3) is 6.49. The van der Waals surface area contributed by atoms with Crippen LogP contribution in [0.5, 0.6) is 0 Å². The number of hydrogen-bond acceptors (Lipinski definition) is 5. The van der Waals surface area contributed by atoms with Gasteiger partial charge in [0.25, 0.3) is 0 Å². The van der Waals surface area contributed by atoms with Crippen molar-refractivity contribution in [2.45, 2.75) is 6.17 Å². The predicted molar refractivity (Wildman–Crippen MR) is 283 cm³/mol. The van der Waals surface area contributed by atoms with Gasteiger partial charge < -0.3 is 18.7 Å². The molecule has 0 bridgehead atoms. The number of amidine groups is 2. The molecule has 0 radical (unpaired) electrons. The van der Waals surface area contributed by atoms with Crippen molar-refractivity contribution >= 4 is 77.4 Å². The number of benzene rings is 10. The fourth-order valence-electron chi connectivity index (χ4n) is 10.4. The van der Waals surface area contributed by atoms with Crippen LogP contribution in [0.4, 0.5) is 0 Å². The zero-order chi connectivity index (χ0) is 45.4. The van der Waals surface area contributed by atoms with Gasteiger partial charge in [-0.15, -0.1) is 0 Å². The summed E-state index contributed by atoms with van der Waals surface area (Å²) in [4.78, 5) is 10.3. The summed E-state index contributed by atoms with van der Waals surface area (Å²) >= 11 is 0. The van der Waals surface area contributed by atoms with Crippen LogP contribution >= 0.6 is 0 Å². The highest BCUT2D eigenvalue weighted by molar-refractivity contribution is 6.17. The lowest BCUT2D eigenvalue weighted by Gasteiger charge is -2.23. The summed E-state index contributed by atoms with van der Waals surface area (Å²) in [6, 6.07) is 81.0. The minimum absolute atomic E-state index is 0.285. The summed E-state index contributed by atoms with van der Waals surface area (Å²) < 4.78 is 15.7. The van der Waals surface area contributed by atoms with E-state index in [4.69, 9.17) is 18.8 Å². The van der Waals surface area contributed by atoms with Crippen LogP contribution in [-0.4, -0.2) is 16.2 Å². The Morgan fingerprint density at radius 1 is 0.377 bits per heavy atom. The first-order valence-electron chi connectivity index (χ1n) is 23.3. The summed E-state index contributed by atoms with van der Waals surface area (Å²) in [5, 5.41) is 10.3. The molecule has 0 saturated heterocycles. The van der Waals surface area contributed by atoms with Gasteiger partial charge in [0, 0.05) is 38.1 Å². The summed E-state index contributed by atoms with van der Waals surface area (Å²) in [5.41, 5.74) is 16.4. The Labute approximate surface area is 396 Å². The summed E-state index contributed by atoms with van der Waals surface area (Å²) in [5.74, 6) is 1.47. The SMILES string of the molecule is c1ccc(C2=NC(c3cccc(-c4cccc5oc6ccc(-c7ccc8c(c7)oc7cccc(-n9c%10ccccc%10c%10cc(-c%11ccccc%11)ccc%109)c78)cc6c45)c3)=NC(c3ccccc3)N2)cc1. The maximum atomic E-state index is 6.74. The zero-order valence-corrected chi connectivity index (χ0v) is 37.2. The van der Waals surface area contributed by atoms with Crippen molar-refractivity contribution in [3.05, 3.63) is 247 Å². The molecule has 1 aliphatic heterocycles. The highest BCUT2D eigenvalue weighted by atomic mass is 16.3. The van der Waals surface area contributed by atoms with E-state index in [0.29, 0.717) is 5.84 Å². The van der Waals surface area contributed by atoms with Crippen LogP contribution < -0.4 is 5.32 Å². The van der Waals surface area contributed by atoms with Crippen LogP contribution in [-0.2, 0) is 0 Å². The number of nitrogens with zero attached hydrogens (tertiary/aromatic N) is 3. The largest absolute Gasteiger partial charge is 0.456 e. The van der Waals surface area contributed by atoms with Gasteiger partial charge in [0.1, 0.15) is 34.3 Å². The van der Waals surface area contributed by atoms with Crippen LogP contribution in [0.1, 0.15) is 22.9 Å². The van der Waals surface area contributed by atoms with Crippen LogP contribution in [0.15, 0.2) is 249 Å². The highest BCUT2D eigenvalue weighted by Crippen LogP contribution is 2.43. The Morgan fingerprint density at radius 3 is 1.86 bits per heavy atom. The first kappa shape index (κ1) is 39.0. The average Bonchev–Trinajstić information content (AvgIpc) is 4.10. The Bertz CT molecular complexity index is 4220. The molecule has 1 aliphatic rings. The van der Waals surface area contributed by atoms with Crippen LogP contribution in [0.3, 0.4) is 0 Å². The van der Waals surface area contributed by atoms with E-state index in [1.54, 1.807) is 0 Å². The number of rotatable bonds is 7. The smallest absolute Gasteiger partial charge is 0.159 e. The zero-order valence-electron chi connectivity index (χ0n) is 37.2. The van der Waals surface area contributed by atoms with E-state index < -0.39 is 0 Å². The number of nitrogens with one attached hydrogen (secondary N) is 1. The lowest BCUT2D eigenvalue weighted by atomic mass is 9.96. The standard InChI is InChI=1S/C63H40N4O2/c1-4-15-39(16-5-1)42-30-33-53-50(36-42)48-23-10-11-25-52(48)67(53)54-26-14-28-57-60(54)49-32-29-44(38-58(49)69-57)43-31-34-55-51(37-43)59-47(24-13-27-56(59)68-55)45-21-12-22-46(35-45)63-65-61(40-17-6-2-7-18-40)64-62(66-63)41-19-8-3-9-20-41/h1-38,61H,(H,64,65,66). The highest BCUT2D eigenvalue weighted by Gasteiger charge is 2.23. The molecule has 3 aromatic heterocycles. The fourth-order valence-corrected chi connectivity index (χ4v) is 10.4. The third-order valence-corrected chi connectivity index (χ3v) is 13.7. The molecular weight excluding hydrogens is 845 g/mol. The molecule has 0 aliphatic carbocycles. The molecule has 69 heavy (non-hydrogen) atoms. The van der Waals surface area contributed by atoms with Gasteiger partial charge in [0.2, 0.25) is 0 Å². The number of para-hydroxylation sites is 1. The molecule has 0 amide bonds. The topological polar surface area (TPSA) is 68.0 Å². The molecular formula is C63H40N4O2. The van der Waals surface area contributed by atoms with Crippen molar-refractivity contribution in [3.63, 3.8) is 0 Å². The fraction of sp³-hybridized carbons (Fsp3) is 0.0159. The molecule has 324 valence electrons. The van der Waals surface area contributed by atoms with Gasteiger partial charge in [-0.2, -0.15) is 0 Å². The van der Waals surface area contributed by atoms with Gasteiger partial charge in [-0.1, -0.05) is 164 Å². The van der Waals surface area contributed by atoms with Gasteiger partial charge in [-0.25, -0.2) is 9.98 Å². The van der Waals surface area contributed by atoms with Crippen molar-refractivity contribution in [3.8, 4) is 39.1 Å². The molecule has 10 aromatic carbocycles. The van der Waals surface area contributed by atoms with E-state index in [1.807, 2.05) is 36.4 Å². The summed E-state index contributed by atoms with van der Waals surface area (Å²) in [7, 11) is 0. The summed E-state index contributed by atoms with van der Waals surface area (Å²) in [6.45, 7) is 0. The van der Waals surface area contributed by atoms with Gasteiger partial charge in [0.05, 0.1) is 22.1 Å². The van der Waals surface area contributed by atoms with Crippen molar-refractivity contribution in [1.82, 2.24) is 9.88 Å². The van der Waals surface area contributed by atoms with E-state index in [-0.39, 0.29) is 6.17 Å². The number of fused-ring (bicyclic) bond motifs is 9. The molecule has 6 nitrogen and oxygen atoms in total. The van der Waals surface area contributed by atoms with Crippen molar-refractivity contribution in [2.75, 3.05) is 0 Å². The molecule has 13 aromatic rings. The monoisotopic (exact) mass is 884 g/mol. The van der Waals surface area contributed by atoms with Gasteiger partial charge in [-0.05, 0) is 106 Å². The molecule has 1 N–H and O–H groups in total. The molecule has 0 spiro atoms. The van der Waals surface area contributed by atoms with Crippen molar-refractivity contribution in [2.24, 2.45) is 9.98 Å². The second-order valence-corrected chi connectivity index (χ2v) is 17.7. The maximum absolute atomic E-state index is 6.74. The molecule has 0 saturated carbocycles. The minimum atomic E-state index is -0.285. The number of hydrogen-bond donors (Lipinski definition) is 1. The predicted octanol–water partition coefficient (Wildman–Crippen LogP) is 16.1. The molecule has 1 atom stereocenters. The lowest BCUT2D eigenvalue weighted by molar-refractivity contribution is 0.669. The Balaban J connectivity index is 0.859. The van der Waals surface area contributed by atoms with Crippen LogP contribution in [0.25, 0.3) is 105 Å². The van der Waals surface area contributed by atoms with Crippen LogP contribution in [0, 0.1) is 0 Å². The third-order valence-electron chi connectivity index (χ3n) is 13.7.